The molecule has 0 radical (unpaired) electrons. The lowest BCUT2D eigenvalue weighted by molar-refractivity contribution is -0.156. The molecule has 7 nitrogen and oxygen atoms in total. The summed E-state index contributed by atoms with van der Waals surface area (Å²) in [7, 11) is 0. The van der Waals surface area contributed by atoms with Crippen LogP contribution in [0.2, 0.25) is 0 Å². The first-order chi connectivity index (χ1) is 7.99. The van der Waals surface area contributed by atoms with Crippen LogP contribution in [0, 0.1) is 0 Å². The van der Waals surface area contributed by atoms with Crippen LogP contribution in [0.15, 0.2) is 0 Å². The monoisotopic (exact) mass is 252 g/mol. The van der Waals surface area contributed by atoms with Gasteiger partial charge in [-0.1, -0.05) is 13.3 Å². The third-order valence-electron chi connectivity index (χ3n) is 1.55. The first kappa shape index (κ1) is 18.2. The first-order valence-corrected chi connectivity index (χ1v) is 5.27. The Morgan fingerprint density at radius 3 is 2.00 bits per heavy atom. The van der Waals surface area contributed by atoms with E-state index in [0.717, 1.165) is 12.8 Å². The second kappa shape index (κ2) is 12.9. The smallest absolute Gasteiger partial charge is 0.333 e. The van der Waals surface area contributed by atoms with Gasteiger partial charge in [-0.2, -0.15) is 0 Å². The highest BCUT2D eigenvalue weighted by atomic mass is 16.5. The van der Waals surface area contributed by atoms with Crippen molar-refractivity contribution >= 4 is 11.9 Å². The molecule has 0 aliphatic carbocycles. The molecule has 0 heterocycles. The van der Waals surface area contributed by atoms with Crippen molar-refractivity contribution < 1.29 is 34.8 Å². The Labute approximate surface area is 99.6 Å². The van der Waals surface area contributed by atoms with Crippen LogP contribution in [-0.2, 0) is 14.3 Å². The van der Waals surface area contributed by atoms with Crippen molar-refractivity contribution in [1.29, 1.82) is 0 Å². The molecule has 0 aromatic carbocycles. The van der Waals surface area contributed by atoms with E-state index in [9.17, 15) is 9.59 Å². The maximum atomic E-state index is 10.4. The van der Waals surface area contributed by atoms with Gasteiger partial charge in [0.15, 0.2) is 6.10 Å². The molecule has 7 heteroatoms. The third kappa shape index (κ3) is 14.8. The van der Waals surface area contributed by atoms with Gasteiger partial charge >= 0.3 is 11.9 Å². The molecule has 0 rings (SSSR count). The standard InChI is InChI=1S/C8H14O5.C2H6O2/c1-2-3-4-13-6(8(11)12)5-7(9)10;3-1-2-4/h6H,2-5H2,1H3,(H,9,10)(H,11,12);3-4H,1-2H2. The average molecular weight is 252 g/mol. The molecule has 102 valence electrons. The Bertz CT molecular complexity index is 203. The molecular weight excluding hydrogens is 232 g/mol. The number of aliphatic carboxylic acids is 2. The maximum absolute atomic E-state index is 10.4. The van der Waals surface area contributed by atoms with Crippen LogP contribution in [0.4, 0.5) is 0 Å². The molecule has 0 bridgehead atoms. The van der Waals surface area contributed by atoms with Gasteiger partial charge in [-0.05, 0) is 6.42 Å². The lowest BCUT2D eigenvalue weighted by atomic mass is 10.2. The summed E-state index contributed by atoms with van der Waals surface area (Å²) in [4.78, 5) is 20.6. The quantitative estimate of drug-likeness (QED) is 0.437. The van der Waals surface area contributed by atoms with Gasteiger partial charge < -0.3 is 25.2 Å². The number of aliphatic hydroxyl groups is 2. The molecule has 0 aromatic rings. The zero-order chi connectivity index (χ0) is 13.7. The number of carboxylic acids is 2. The normalized spacial score (nSPS) is 11.2. The minimum Gasteiger partial charge on any atom is -0.481 e. The minimum absolute atomic E-state index is 0.125. The van der Waals surface area contributed by atoms with Gasteiger partial charge in [0, 0.05) is 6.61 Å². The molecule has 0 aromatic heterocycles. The van der Waals surface area contributed by atoms with Crippen molar-refractivity contribution in [3.05, 3.63) is 0 Å². The highest BCUT2D eigenvalue weighted by Crippen LogP contribution is 2.01. The molecule has 0 saturated heterocycles. The Balaban J connectivity index is 0. The average Bonchev–Trinajstić information content (AvgIpc) is 2.27. The van der Waals surface area contributed by atoms with Crippen LogP contribution in [-0.4, -0.2) is 58.3 Å². The highest BCUT2D eigenvalue weighted by Gasteiger charge is 2.20. The van der Waals surface area contributed by atoms with Crippen molar-refractivity contribution in [2.45, 2.75) is 32.3 Å². The summed E-state index contributed by atoms with van der Waals surface area (Å²) < 4.78 is 4.87. The molecule has 0 saturated carbocycles. The van der Waals surface area contributed by atoms with Gasteiger partial charge in [-0.25, -0.2) is 4.79 Å². The van der Waals surface area contributed by atoms with Gasteiger partial charge in [-0.15, -0.1) is 0 Å². The number of hydrogen-bond donors (Lipinski definition) is 4. The summed E-state index contributed by atoms with van der Waals surface area (Å²) in [6.45, 7) is 1.98. The van der Waals surface area contributed by atoms with E-state index < -0.39 is 24.5 Å². The van der Waals surface area contributed by atoms with E-state index in [1.165, 1.54) is 0 Å². The molecule has 4 N–H and O–H groups in total. The lowest BCUT2D eigenvalue weighted by Gasteiger charge is -2.10. The summed E-state index contributed by atoms with van der Waals surface area (Å²) in [5, 5.41) is 32.1. The van der Waals surface area contributed by atoms with Gasteiger partial charge in [0.25, 0.3) is 0 Å². The molecule has 0 amide bonds. The number of carboxylic acid groups (broad SMARTS) is 2. The maximum Gasteiger partial charge on any atom is 0.333 e. The summed E-state index contributed by atoms with van der Waals surface area (Å²) in [6, 6.07) is 0. The van der Waals surface area contributed by atoms with Crippen molar-refractivity contribution in [2.24, 2.45) is 0 Å². The molecule has 1 unspecified atom stereocenters. The van der Waals surface area contributed by atoms with Crippen LogP contribution >= 0.6 is 0 Å². The highest BCUT2D eigenvalue weighted by molar-refractivity contribution is 5.79. The van der Waals surface area contributed by atoms with E-state index in [2.05, 4.69) is 0 Å². The summed E-state index contributed by atoms with van der Waals surface area (Å²) in [5.74, 6) is -2.39. The fourth-order valence-corrected chi connectivity index (χ4v) is 0.746. The number of aliphatic hydroxyl groups excluding tert-OH is 2. The number of rotatable bonds is 8. The van der Waals surface area contributed by atoms with Crippen LogP contribution in [0.25, 0.3) is 0 Å². The first-order valence-electron chi connectivity index (χ1n) is 5.27. The molecule has 0 fully saturated rings. The molecule has 0 spiro atoms. The zero-order valence-electron chi connectivity index (χ0n) is 9.83. The Morgan fingerprint density at radius 1 is 1.18 bits per heavy atom. The van der Waals surface area contributed by atoms with Gasteiger partial charge in [-0.3, -0.25) is 4.79 Å². The SMILES string of the molecule is CCCCOC(CC(=O)O)C(=O)O.OCCO. The Morgan fingerprint density at radius 2 is 1.71 bits per heavy atom. The summed E-state index contributed by atoms with van der Waals surface area (Å²) in [5.41, 5.74) is 0. The summed E-state index contributed by atoms with van der Waals surface area (Å²) >= 11 is 0. The van der Waals surface area contributed by atoms with E-state index in [1.54, 1.807) is 0 Å². The van der Waals surface area contributed by atoms with Crippen molar-refractivity contribution in [2.75, 3.05) is 19.8 Å². The zero-order valence-corrected chi connectivity index (χ0v) is 9.83. The second-order valence-corrected chi connectivity index (χ2v) is 3.10. The van der Waals surface area contributed by atoms with Crippen molar-refractivity contribution in [3.8, 4) is 0 Å². The molecule has 1 atom stereocenters. The lowest BCUT2D eigenvalue weighted by Crippen LogP contribution is -2.27. The van der Waals surface area contributed by atoms with Crippen LogP contribution in [0.3, 0.4) is 0 Å². The number of ether oxygens (including phenoxy) is 1. The van der Waals surface area contributed by atoms with E-state index in [1.807, 2.05) is 6.92 Å². The van der Waals surface area contributed by atoms with Crippen LogP contribution < -0.4 is 0 Å². The van der Waals surface area contributed by atoms with E-state index in [-0.39, 0.29) is 13.2 Å². The van der Waals surface area contributed by atoms with Crippen molar-refractivity contribution in [3.63, 3.8) is 0 Å². The predicted octanol–water partition coefficient (Wildman–Crippen LogP) is -0.298. The van der Waals surface area contributed by atoms with Gasteiger partial charge in [0.1, 0.15) is 0 Å². The van der Waals surface area contributed by atoms with Crippen molar-refractivity contribution in [1.82, 2.24) is 0 Å². The predicted molar refractivity (Wildman–Crippen MR) is 58.7 cm³/mol. The van der Waals surface area contributed by atoms with Crippen LogP contribution in [0.1, 0.15) is 26.2 Å². The van der Waals surface area contributed by atoms with Gasteiger partial charge in [0.05, 0.1) is 19.6 Å². The summed E-state index contributed by atoms with van der Waals surface area (Å²) in [6.07, 6.45) is -0.0777. The fourth-order valence-electron chi connectivity index (χ4n) is 0.746. The number of carbonyl (C=O) groups is 2. The largest absolute Gasteiger partial charge is 0.481 e. The van der Waals surface area contributed by atoms with E-state index in [4.69, 9.17) is 25.2 Å². The molecular formula is C10H20O7. The number of hydrogen-bond acceptors (Lipinski definition) is 5. The van der Waals surface area contributed by atoms with Crippen LogP contribution in [0.5, 0.6) is 0 Å². The Kier molecular flexibility index (Phi) is 13.8. The topological polar surface area (TPSA) is 124 Å². The molecule has 0 aliphatic heterocycles. The van der Waals surface area contributed by atoms with E-state index in [0.29, 0.717) is 6.61 Å². The van der Waals surface area contributed by atoms with E-state index >= 15 is 0 Å². The second-order valence-electron chi connectivity index (χ2n) is 3.10. The number of unbranched alkanes of at least 4 members (excludes halogenated alkanes) is 1. The fraction of sp³-hybridized carbons (Fsp3) is 0.800. The third-order valence-corrected chi connectivity index (χ3v) is 1.55. The van der Waals surface area contributed by atoms with Gasteiger partial charge in [0.2, 0.25) is 0 Å². The molecule has 0 aliphatic rings. The minimum atomic E-state index is -1.22. The Hall–Kier alpha value is -1.18. The molecule has 17 heavy (non-hydrogen) atoms.